The third kappa shape index (κ3) is 3.73. The minimum atomic E-state index is -0.813. The lowest BCUT2D eigenvalue weighted by atomic mass is 9.96. The van der Waals surface area contributed by atoms with Crippen molar-refractivity contribution in [2.24, 2.45) is 0 Å². The number of nitrogens with one attached hydrogen (secondary N) is 1. The molecule has 2 aromatic rings. The summed E-state index contributed by atoms with van der Waals surface area (Å²) in [6.07, 6.45) is 4.62. The zero-order valence-electron chi connectivity index (χ0n) is 15.3. The maximum Gasteiger partial charge on any atom is 0.219 e. The number of pyridine rings is 1. The Morgan fingerprint density at radius 1 is 1.26 bits per heavy atom. The highest BCUT2D eigenvalue weighted by Crippen LogP contribution is 2.36. The Morgan fingerprint density at radius 3 is 2.59 bits per heavy atom. The van der Waals surface area contributed by atoms with E-state index in [0.717, 1.165) is 25.7 Å². The van der Waals surface area contributed by atoms with Crippen molar-refractivity contribution < 1.29 is 14.3 Å². The molecular formula is C21H24FN3O2. The summed E-state index contributed by atoms with van der Waals surface area (Å²) in [6, 6.07) is 10.6. The third-order valence-corrected chi connectivity index (χ3v) is 5.71. The van der Waals surface area contributed by atoms with Crippen molar-refractivity contribution in [2.45, 2.75) is 57.0 Å². The van der Waals surface area contributed by atoms with E-state index in [1.54, 1.807) is 31.3 Å². The van der Waals surface area contributed by atoms with E-state index in [-0.39, 0.29) is 29.8 Å². The summed E-state index contributed by atoms with van der Waals surface area (Å²) < 4.78 is 13.4. The molecule has 2 fully saturated rings. The van der Waals surface area contributed by atoms with Crippen LogP contribution < -0.4 is 5.32 Å². The van der Waals surface area contributed by atoms with Gasteiger partial charge in [-0.05, 0) is 43.9 Å². The monoisotopic (exact) mass is 369 g/mol. The molecule has 0 spiro atoms. The molecule has 4 rings (SSSR count). The predicted molar refractivity (Wildman–Crippen MR) is 100 cm³/mol. The average molecular weight is 369 g/mol. The number of benzene rings is 1. The second kappa shape index (κ2) is 7.37. The minimum Gasteiger partial charge on any atom is -0.374 e. The van der Waals surface area contributed by atoms with Crippen LogP contribution in [-0.2, 0) is 4.79 Å². The maximum atomic E-state index is 13.4. The standard InChI is InChI=1S/C21H24FN3O2/c1-13(26)25-18-6-7-19(25)11-17(10-18)24-21(27)15-5-8-20(23-12-15)14-3-2-4-16(22)9-14/h2-5,8-9,12,17-19,21,24,27H,6-7,10-11H2,1H3/t17?,18-,19+,21?. The van der Waals surface area contributed by atoms with Crippen LogP contribution in [0.1, 0.15) is 44.4 Å². The van der Waals surface area contributed by atoms with Crippen LogP contribution in [0.15, 0.2) is 42.6 Å². The van der Waals surface area contributed by atoms with E-state index in [1.165, 1.54) is 12.1 Å². The molecule has 27 heavy (non-hydrogen) atoms. The van der Waals surface area contributed by atoms with Gasteiger partial charge in [0.25, 0.3) is 0 Å². The lowest BCUT2D eigenvalue weighted by molar-refractivity contribution is -0.133. The largest absolute Gasteiger partial charge is 0.374 e. The number of hydrogen-bond donors (Lipinski definition) is 2. The number of carbonyl (C=O) groups excluding carboxylic acids is 1. The normalized spacial score (nSPS) is 25.4. The molecule has 2 N–H and O–H groups in total. The number of amides is 1. The highest BCUT2D eigenvalue weighted by Gasteiger charge is 2.42. The first kappa shape index (κ1) is 18.1. The average Bonchev–Trinajstić information content (AvgIpc) is 2.93. The van der Waals surface area contributed by atoms with Gasteiger partial charge in [0, 0.05) is 42.4 Å². The van der Waals surface area contributed by atoms with Crippen LogP contribution in [0.5, 0.6) is 0 Å². The first-order chi connectivity index (χ1) is 13.0. The Hall–Kier alpha value is -2.31. The number of halogens is 1. The molecule has 1 aromatic carbocycles. The van der Waals surface area contributed by atoms with Gasteiger partial charge in [-0.1, -0.05) is 18.2 Å². The molecule has 3 heterocycles. The van der Waals surface area contributed by atoms with Crippen LogP contribution in [0.3, 0.4) is 0 Å². The summed E-state index contributed by atoms with van der Waals surface area (Å²) in [5, 5.41) is 13.8. The van der Waals surface area contributed by atoms with Gasteiger partial charge in [0.15, 0.2) is 0 Å². The number of aromatic nitrogens is 1. The molecule has 0 aliphatic carbocycles. The van der Waals surface area contributed by atoms with Gasteiger partial charge in [0.1, 0.15) is 12.0 Å². The Morgan fingerprint density at radius 2 is 2.00 bits per heavy atom. The lowest BCUT2D eigenvalue weighted by Crippen LogP contribution is -2.51. The zero-order chi connectivity index (χ0) is 19.0. The molecule has 142 valence electrons. The molecule has 2 unspecified atom stereocenters. The Bertz CT molecular complexity index is 812. The predicted octanol–water partition coefficient (Wildman–Crippen LogP) is 3.01. The second-order valence-corrected chi connectivity index (χ2v) is 7.54. The maximum absolute atomic E-state index is 13.4. The Kier molecular flexibility index (Phi) is 4.93. The van der Waals surface area contributed by atoms with Crippen molar-refractivity contribution in [3.05, 3.63) is 54.0 Å². The highest BCUT2D eigenvalue weighted by molar-refractivity contribution is 5.74. The van der Waals surface area contributed by atoms with Gasteiger partial charge in [-0.3, -0.25) is 15.1 Å². The summed E-state index contributed by atoms with van der Waals surface area (Å²) >= 11 is 0. The van der Waals surface area contributed by atoms with Crippen LogP contribution in [0.4, 0.5) is 4.39 Å². The number of nitrogens with zero attached hydrogens (tertiary/aromatic N) is 2. The summed E-state index contributed by atoms with van der Waals surface area (Å²) in [6.45, 7) is 1.64. The van der Waals surface area contributed by atoms with Gasteiger partial charge >= 0.3 is 0 Å². The Labute approximate surface area is 158 Å². The first-order valence-electron chi connectivity index (χ1n) is 9.46. The SMILES string of the molecule is CC(=O)N1[C@@H]2CC[C@H]1CC(NC(O)c1ccc(-c3cccc(F)c3)nc1)C2. The molecule has 0 saturated carbocycles. The summed E-state index contributed by atoms with van der Waals surface area (Å²) in [4.78, 5) is 18.2. The summed E-state index contributed by atoms with van der Waals surface area (Å²) in [5.74, 6) is -0.148. The molecular weight excluding hydrogens is 345 g/mol. The fourth-order valence-electron chi connectivity index (χ4n) is 4.53. The van der Waals surface area contributed by atoms with Crippen molar-refractivity contribution in [2.75, 3.05) is 0 Å². The van der Waals surface area contributed by atoms with Crippen molar-refractivity contribution >= 4 is 5.91 Å². The van der Waals surface area contributed by atoms with E-state index < -0.39 is 6.23 Å². The number of rotatable bonds is 4. The Balaban J connectivity index is 1.40. The smallest absolute Gasteiger partial charge is 0.219 e. The van der Waals surface area contributed by atoms with Crippen LogP contribution in [-0.4, -0.2) is 39.0 Å². The van der Waals surface area contributed by atoms with Crippen LogP contribution in [0.25, 0.3) is 11.3 Å². The number of aliphatic hydroxyl groups is 1. The van der Waals surface area contributed by atoms with Crippen LogP contribution in [0.2, 0.25) is 0 Å². The fraction of sp³-hybridized carbons (Fsp3) is 0.429. The number of hydrogen-bond acceptors (Lipinski definition) is 4. The van der Waals surface area contributed by atoms with E-state index in [0.29, 0.717) is 16.8 Å². The number of fused-ring (bicyclic) bond motifs is 2. The van der Waals surface area contributed by atoms with Gasteiger partial charge in [0.05, 0.1) is 5.69 Å². The van der Waals surface area contributed by atoms with Crippen molar-refractivity contribution in [1.29, 1.82) is 0 Å². The van der Waals surface area contributed by atoms with Gasteiger partial charge in [-0.25, -0.2) is 4.39 Å². The third-order valence-electron chi connectivity index (χ3n) is 5.71. The molecule has 1 aromatic heterocycles. The molecule has 2 aliphatic rings. The number of carbonyl (C=O) groups is 1. The molecule has 1 amide bonds. The van der Waals surface area contributed by atoms with Crippen molar-refractivity contribution in [3.63, 3.8) is 0 Å². The van der Waals surface area contributed by atoms with Crippen molar-refractivity contribution in [1.82, 2.24) is 15.2 Å². The van der Waals surface area contributed by atoms with Gasteiger partial charge in [-0.15, -0.1) is 0 Å². The molecule has 2 bridgehead atoms. The molecule has 2 aliphatic heterocycles. The van der Waals surface area contributed by atoms with E-state index in [1.807, 2.05) is 11.0 Å². The quantitative estimate of drug-likeness (QED) is 0.813. The van der Waals surface area contributed by atoms with Gasteiger partial charge in [-0.2, -0.15) is 0 Å². The number of piperidine rings is 1. The molecule has 2 saturated heterocycles. The van der Waals surface area contributed by atoms with E-state index >= 15 is 0 Å². The van der Waals surface area contributed by atoms with E-state index in [2.05, 4.69) is 10.3 Å². The zero-order valence-corrected chi connectivity index (χ0v) is 15.3. The van der Waals surface area contributed by atoms with Crippen LogP contribution in [0, 0.1) is 5.82 Å². The lowest BCUT2D eigenvalue weighted by Gasteiger charge is -2.39. The number of aliphatic hydroxyl groups excluding tert-OH is 1. The summed E-state index contributed by atoms with van der Waals surface area (Å²) in [5.41, 5.74) is 2.05. The highest BCUT2D eigenvalue weighted by atomic mass is 19.1. The molecule has 5 nitrogen and oxygen atoms in total. The van der Waals surface area contributed by atoms with Crippen LogP contribution >= 0.6 is 0 Å². The minimum absolute atomic E-state index is 0.152. The second-order valence-electron chi connectivity index (χ2n) is 7.54. The van der Waals surface area contributed by atoms with Gasteiger partial charge in [0.2, 0.25) is 5.91 Å². The van der Waals surface area contributed by atoms with Gasteiger partial charge < -0.3 is 10.0 Å². The van der Waals surface area contributed by atoms with E-state index in [4.69, 9.17) is 0 Å². The van der Waals surface area contributed by atoms with E-state index in [9.17, 15) is 14.3 Å². The molecule has 4 atom stereocenters. The molecule has 0 radical (unpaired) electrons. The fourth-order valence-corrected chi connectivity index (χ4v) is 4.53. The molecule has 6 heteroatoms. The van der Waals surface area contributed by atoms with Crippen molar-refractivity contribution in [3.8, 4) is 11.3 Å². The summed E-state index contributed by atoms with van der Waals surface area (Å²) in [7, 11) is 0. The first-order valence-corrected chi connectivity index (χ1v) is 9.46. The topological polar surface area (TPSA) is 65.5 Å².